The van der Waals surface area contributed by atoms with Crippen molar-refractivity contribution in [2.24, 2.45) is 11.8 Å². The highest BCUT2D eigenvalue weighted by Gasteiger charge is 2.42. The minimum Gasteiger partial charge on any atom is -0.309 e. The second kappa shape index (κ2) is 6.10. The summed E-state index contributed by atoms with van der Waals surface area (Å²) in [5, 5.41) is 4.05. The zero-order valence-corrected chi connectivity index (χ0v) is 13.0. The van der Waals surface area contributed by atoms with Crippen LogP contribution in [-0.4, -0.2) is 30.1 Å². The van der Waals surface area contributed by atoms with Crippen molar-refractivity contribution >= 4 is 0 Å². The smallest absolute Gasteiger partial charge is 0.0234 e. The molecule has 1 aromatic rings. The Bertz CT molecular complexity index is 438. The van der Waals surface area contributed by atoms with E-state index in [1.54, 1.807) is 0 Å². The maximum atomic E-state index is 4.05. The van der Waals surface area contributed by atoms with Crippen molar-refractivity contribution in [2.45, 2.75) is 57.2 Å². The van der Waals surface area contributed by atoms with Crippen LogP contribution in [-0.2, 0) is 6.54 Å². The zero-order chi connectivity index (χ0) is 14.1. The van der Waals surface area contributed by atoms with E-state index in [0.717, 1.165) is 30.5 Å². The molecular formula is C19H28N2. The van der Waals surface area contributed by atoms with Gasteiger partial charge in [0.1, 0.15) is 0 Å². The lowest BCUT2D eigenvalue weighted by atomic mass is 10.0. The first-order valence-corrected chi connectivity index (χ1v) is 8.91. The summed E-state index contributed by atoms with van der Waals surface area (Å²) < 4.78 is 0. The van der Waals surface area contributed by atoms with Crippen LogP contribution in [0.5, 0.6) is 0 Å². The molecule has 1 heterocycles. The molecule has 21 heavy (non-hydrogen) atoms. The van der Waals surface area contributed by atoms with Crippen molar-refractivity contribution < 1.29 is 0 Å². The highest BCUT2D eigenvalue weighted by Crippen LogP contribution is 2.44. The van der Waals surface area contributed by atoms with Gasteiger partial charge in [-0.15, -0.1) is 0 Å². The molecule has 2 heteroatoms. The van der Waals surface area contributed by atoms with Crippen LogP contribution in [0.4, 0.5) is 0 Å². The Morgan fingerprint density at radius 2 is 1.71 bits per heavy atom. The summed E-state index contributed by atoms with van der Waals surface area (Å²) in [5.41, 5.74) is 1.46. The van der Waals surface area contributed by atoms with Gasteiger partial charge in [0.15, 0.2) is 0 Å². The van der Waals surface area contributed by atoms with Gasteiger partial charge in [0, 0.05) is 25.2 Å². The van der Waals surface area contributed by atoms with E-state index in [0.29, 0.717) is 0 Å². The average Bonchev–Trinajstić information content (AvgIpc) is 3.40. The zero-order valence-electron chi connectivity index (χ0n) is 13.0. The number of hydrogen-bond acceptors (Lipinski definition) is 2. The summed E-state index contributed by atoms with van der Waals surface area (Å²) >= 11 is 0. The molecule has 0 amide bonds. The molecule has 114 valence electrons. The molecular weight excluding hydrogens is 256 g/mol. The highest BCUT2D eigenvalue weighted by atomic mass is 15.2. The van der Waals surface area contributed by atoms with Crippen LogP contribution in [0.3, 0.4) is 0 Å². The maximum Gasteiger partial charge on any atom is 0.0234 e. The third-order valence-electron chi connectivity index (χ3n) is 5.44. The number of piperidine rings is 1. The Morgan fingerprint density at radius 3 is 2.38 bits per heavy atom. The molecule has 1 atom stereocenters. The molecule has 1 saturated heterocycles. The lowest BCUT2D eigenvalue weighted by molar-refractivity contribution is 0.169. The number of rotatable bonds is 6. The van der Waals surface area contributed by atoms with Crippen molar-refractivity contribution in [2.75, 3.05) is 13.1 Å². The topological polar surface area (TPSA) is 15.3 Å². The van der Waals surface area contributed by atoms with Gasteiger partial charge in [-0.1, -0.05) is 30.3 Å². The maximum absolute atomic E-state index is 4.05. The van der Waals surface area contributed by atoms with E-state index in [2.05, 4.69) is 40.5 Å². The molecule has 1 unspecified atom stereocenters. The fraction of sp³-hybridized carbons (Fsp3) is 0.684. The molecule has 1 N–H and O–H groups in total. The number of hydrogen-bond donors (Lipinski definition) is 1. The molecule has 1 aromatic carbocycles. The summed E-state index contributed by atoms with van der Waals surface area (Å²) in [6, 6.07) is 12.5. The lowest BCUT2D eigenvalue weighted by Gasteiger charge is -2.35. The summed E-state index contributed by atoms with van der Waals surface area (Å²) in [7, 11) is 0. The van der Waals surface area contributed by atoms with Crippen LogP contribution in [0.1, 0.15) is 44.1 Å². The predicted octanol–water partition coefficient (Wildman–Crippen LogP) is 3.43. The van der Waals surface area contributed by atoms with Gasteiger partial charge >= 0.3 is 0 Å². The van der Waals surface area contributed by atoms with Crippen molar-refractivity contribution in [3.63, 3.8) is 0 Å². The van der Waals surface area contributed by atoms with Gasteiger partial charge in [0.25, 0.3) is 0 Å². The first kappa shape index (κ1) is 13.8. The van der Waals surface area contributed by atoms with Crippen molar-refractivity contribution in [1.82, 2.24) is 10.2 Å². The molecule has 4 rings (SSSR count). The molecule has 3 fully saturated rings. The predicted molar refractivity (Wildman–Crippen MR) is 87.1 cm³/mol. The molecule has 1 aliphatic heterocycles. The Morgan fingerprint density at radius 1 is 1.00 bits per heavy atom. The van der Waals surface area contributed by atoms with Crippen molar-refractivity contribution in [3.05, 3.63) is 35.9 Å². The Kier molecular flexibility index (Phi) is 4.00. The van der Waals surface area contributed by atoms with Gasteiger partial charge in [0.05, 0.1) is 0 Å². The Balaban J connectivity index is 1.32. The quantitative estimate of drug-likeness (QED) is 0.861. The largest absolute Gasteiger partial charge is 0.309 e. The van der Waals surface area contributed by atoms with Crippen LogP contribution in [0.2, 0.25) is 0 Å². The van der Waals surface area contributed by atoms with E-state index in [4.69, 9.17) is 0 Å². The fourth-order valence-corrected chi connectivity index (χ4v) is 4.02. The van der Waals surface area contributed by atoms with Crippen LogP contribution in [0, 0.1) is 11.8 Å². The molecule has 2 saturated carbocycles. The molecule has 2 nitrogen and oxygen atoms in total. The number of likely N-dealkylation sites (tertiary alicyclic amines) is 1. The number of nitrogens with one attached hydrogen (secondary N) is 1. The van der Waals surface area contributed by atoms with E-state index in [9.17, 15) is 0 Å². The molecule has 0 bridgehead atoms. The van der Waals surface area contributed by atoms with Gasteiger partial charge in [-0.25, -0.2) is 0 Å². The third kappa shape index (κ3) is 3.67. The summed E-state index contributed by atoms with van der Waals surface area (Å²) in [5.74, 6) is 2.03. The normalized spacial score (nSPS) is 27.2. The standard InChI is InChI=1S/C19H28N2/c1-2-5-15(6-3-1)13-21-12-4-7-18(14-21)20-19(16-8-9-16)17-10-11-17/h1-3,5-6,16-20H,4,7-14H2. The summed E-state index contributed by atoms with van der Waals surface area (Å²) in [6.45, 7) is 3.63. The third-order valence-corrected chi connectivity index (χ3v) is 5.44. The molecule has 0 aromatic heterocycles. The highest BCUT2D eigenvalue weighted by molar-refractivity contribution is 5.14. The van der Waals surface area contributed by atoms with E-state index < -0.39 is 0 Å². The van der Waals surface area contributed by atoms with Gasteiger partial charge in [-0.3, -0.25) is 4.90 Å². The first-order valence-electron chi connectivity index (χ1n) is 8.91. The van der Waals surface area contributed by atoms with E-state index in [1.165, 1.54) is 57.2 Å². The Labute approximate surface area is 128 Å². The number of benzene rings is 1. The lowest BCUT2D eigenvalue weighted by Crippen LogP contribution is -2.50. The van der Waals surface area contributed by atoms with Gasteiger partial charge in [0.2, 0.25) is 0 Å². The second-order valence-electron chi connectivity index (χ2n) is 7.43. The molecule has 2 aliphatic carbocycles. The summed E-state index contributed by atoms with van der Waals surface area (Å²) in [4.78, 5) is 2.65. The number of nitrogens with zero attached hydrogens (tertiary/aromatic N) is 1. The second-order valence-corrected chi connectivity index (χ2v) is 7.43. The Hall–Kier alpha value is -0.860. The molecule has 0 radical (unpaired) electrons. The van der Waals surface area contributed by atoms with E-state index in [1.807, 2.05) is 0 Å². The van der Waals surface area contributed by atoms with Crippen LogP contribution >= 0.6 is 0 Å². The summed E-state index contributed by atoms with van der Waals surface area (Å²) in [6.07, 6.45) is 8.65. The molecule has 0 spiro atoms. The van der Waals surface area contributed by atoms with Crippen LogP contribution < -0.4 is 5.32 Å². The van der Waals surface area contributed by atoms with Crippen molar-refractivity contribution in [1.29, 1.82) is 0 Å². The minimum atomic E-state index is 0.730. The van der Waals surface area contributed by atoms with Crippen molar-refractivity contribution in [3.8, 4) is 0 Å². The van der Waals surface area contributed by atoms with Gasteiger partial charge < -0.3 is 5.32 Å². The minimum absolute atomic E-state index is 0.730. The average molecular weight is 284 g/mol. The van der Waals surface area contributed by atoms with Crippen LogP contribution in [0.15, 0.2) is 30.3 Å². The van der Waals surface area contributed by atoms with Crippen LogP contribution in [0.25, 0.3) is 0 Å². The van der Waals surface area contributed by atoms with Gasteiger partial charge in [-0.05, 0) is 62.5 Å². The monoisotopic (exact) mass is 284 g/mol. The SMILES string of the molecule is c1ccc(CN2CCCC(NC(C3CC3)C3CC3)C2)cc1. The van der Waals surface area contributed by atoms with Gasteiger partial charge in [-0.2, -0.15) is 0 Å². The fourth-order valence-electron chi connectivity index (χ4n) is 4.02. The van der Waals surface area contributed by atoms with E-state index in [-0.39, 0.29) is 0 Å². The van der Waals surface area contributed by atoms with E-state index >= 15 is 0 Å². The first-order chi connectivity index (χ1) is 10.4. The molecule has 3 aliphatic rings.